The Morgan fingerprint density at radius 3 is 2.48 bits per heavy atom. The number of nitrogens with zero attached hydrogens (tertiary/aromatic N) is 1. The predicted molar refractivity (Wildman–Crippen MR) is 114 cm³/mol. The molecule has 0 saturated carbocycles. The van der Waals surface area contributed by atoms with Crippen LogP contribution in [-0.4, -0.2) is 30.1 Å². The Hall–Kier alpha value is -1.54. The second-order valence-electron chi connectivity index (χ2n) is 5.78. The third-order valence-corrected chi connectivity index (χ3v) is 5.04. The van der Waals surface area contributed by atoms with Crippen LogP contribution in [0.15, 0.2) is 29.1 Å². The lowest BCUT2D eigenvalue weighted by Crippen LogP contribution is -2.52. The number of thiazole rings is 1. The standard InChI is InChI=1S/C18H25N3O3S.2ClH/c1-4-18(5-2,11-19)21-17(22)13-6-7-15(16(8-13)23-3)24-9-14-10-25-12-20-14;;/h6-8,10,12H,4-5,9,11,19H2,1-3H3,(H,21,22);2*1H. The fourth-order valence-corrected chi connectivity index (χ4v) is 3.01. The van der Waals surface area contributed by atoms with E-state index in [1.54, 1.807) is 30.8 Å². The van der Waals surface area contributed by atoms with E-state index in [2.05, 4.69) is 10.3 Å². The van der Waals surface area contributed by atoms with Crippen LogP contribution in [-0.2, 0) is 6.61 Å². The number of nitrogens with one attached hydrogen (secondary N) is 1. The van der Waals surface area contributed by atoms with Crippen molar-refractivity contribution in [1.29, 1.82) is 0 Å². The van der Waals surface area contributed by atoms with E-state index in [0.29, 0.717) is 30.2 Å². The topological polar surface area (TPSA) is 86.5 Å². The van der Waals surface area contributed by atoms with Crippen LogP contribution in [0.4, 0.5) is 0 Å². The zero-order valence-electron chi connectivity index (χ0n) is 15.7. The predicted octanol–water partition coefficient (Wildman–Crippen LogP) is 3.82. The molecular weight excluding hydrogens is 409 g/mol. The van der Waals surface area contributed by atoms with Gasteiger partial charge >= 0.3 is 0 Å². The molecule has 27 heavy (non-hydrogen) atoms. The van der Waals surface area contributed by atoms with Crippen LogP contribution in [0.3, 0.4) is 0 Å². The highest BCUT2D eigenvalue weighted by Crippen LogP contribution is 2.29. The Balaban J connectivity index is 0.00000338. The fourth-order valence-electron chi connectivity index (χ4n) is 2.47. The molecule has 0 saturated heterocycles. The average Bonchev–Trinajstić information content (AvgIpc) is 3.17. The van der Waals surface area contributed by atoms with Gasteiger partial charge in [-0.2, -0.15) is 0 Å². The first-order chi connectivity index (χ1) is 12.1. The normalized spacial score (nSPS) is 10.4. The molecule has 2 rings (SSSR count). The SMILES string of the molecule is CCC(CC)(CN)NC(=O)c1ccc(OCc2cscn2)c(OC)c1.Cl.Cl. The van der Waals surface area contributed by atoms with Gasteiger partial charge in [0.1, 0.15) is 6.61 Å². The fraction of sp³-hybridized carbons (Fsp3) is 0.444. The number of hydrogen-bond acceptors (Lipinski definition) is 6. The van der Waals surface area contributed by atoms with Crippen molar-refractivity contribution in [3.05, 3.63) is 40.3 Å². The first-order valence-electron chi connectivity index (χ1n) is 8.28. The molecule has 0 spiro atoms. The lowest BCUT2D eigenvalue weighted by atomic mass is 9.92. The lowest BCUT2D eigenvalue weighted by molar-refractivity contribution is 0.0895. The van der Waals surface area contributed by atoms with Crippen molar-refractivity contribution in [2.45, 2.75) is 38.8 Å². The zero-order chi connectivity index (χ0) is 18.3. The van der Waals surface area contributed by atoms with E-state index < -0.39 is 0 Å². The Kier molecular flexibility index (Phi) is 11.3. The minimum absolute atomic E-state index is 0. The maximum absolute atomic E-state index is 12.6. The summed E-state index contributed by atoms with van der Waals surface area (Å²) in [6.45, 7) is 4.80. The number of carbonyl (C=O) groups is 1. The van der Waals surface area contributed by atoms with Crippen LogP contribution in [0, 0.1) is 0 Å². The Morgan fingerprint density at radius 2 is 1.96 bits per heavy atom. The average molecular weight is 436 g/mol. The van der Waals surface area contributed by atoms with Gasteiger partial charge < -0.3 is 20.5 Å². The molecule has 0 atom stereocenters. The van der Waals surface area contributed by atoms with Gasteiger partial charge in [-0.1, -0.05) is 13.8 Å². The molecule has 0 aliphatic carbocycles. The molecule has 152 valence electrons. The molecule has 0 unspecified atom stereocenters. The van der Waals surface area contributed by atoms with Gasteiger partial charge in [-0.05, 0) is 31.0 Å². The summed E-state index contributed by atoms with van der Waals surface area (Å²) in [5.74, 6) is 0.913. The molecule has 9 heteroatoms. The molecule has 3 N–H and O–H groups in total. The summed E-state index contributed by atoms with van der Waals surface area (Å²) >= 11 is 1.52. The number of carbonyl (C=O) groups excluding carboxylic acids is 1. The minimum Gasteiger partial charge on any atom is -0.493 e. The molecule has 1 heterocycles. The molecule has 0 bridgehead atoms. The van der Waals surface area contributed by atoms with Gasteiger partial charge in [-0.3, -0.25) is 4.79 Å². The highest BCUT2D eigenvalue weighted by atomic mass is 35.5. The number of hydrogen-bond donors (Lipinski definition) is 2. The van der Waals surface area contributed by atoms with Crippen LogP contribution < -0.4 is 20.5 Å². The summed E-state index contributed by atoms with van der Waals surface area (Å²) in [6, 6.07) is 5.14. The molecule has 0 fully saturated rings. The Morgan fingerprint density at radius 1 is 1.26 bits per heavy atom. The summed E-state index contributed by atoms with van der Waals surface area (Å²) in [4.78, 5) is 16.8. The van der Waals surface area contributed by atoms with Crippen molar-refractivity contribution in [3.8, 4) is 11.5 Å². The van der Waals surface area contributed by atoms with Gasteiger partial charge in [-0.15, -0.1) is 36.2 Å². The number of nitrogens with two attached hydrogens (primary N) is 1. The first kappa shape index (κ1) is 25.5. The summed E-state index contributed by atoms with van der Waals surface area (Å²) in [5.41, 5.74) is 8.60. The summed E-state index contributed by atoms with van der Waals surface area (Å²) in [6.07, 6.45) is 1.55. The van der Waals surface area contributed by atoms with E-state index in [4.69, 9.17) is 15.2 Å². The number of rotatable bonds is 9. The van der Waals surface area contributed by atoms with Crippen LogP contribution in [0.2, 0.25) is 0 Å². The van der Waals surface area contributed by atoms with Crippen molar-refractivity contribution < 1.29 is 14.3 Å². The van der Waals surface area contributed by atoms with E-state index in [1.165, 1.54) is 11.3 Å². The van der Waals surface area contributed by atoms with Crippen molar-refractivity contribution in [3.63, 3.8) is 0 Å². The molecule has 1 amide bonds. The number of methoxy groups -OCH3 is 1. The number of benzene rings is 1. The molecule has 6 nitrogen and oxygen atoms in total. The first-order valence-corrected chi connectivity index (χ1v) is 9.22. The zero-order valence-corrected chi connectivity index (χ0v) is 18.1. The molecule has 0 aliphatic heterocycles. The number of aromatic nitrogens is 1. The molecule has 2 aromatic rings. The summed E-state index contributed by atoms with van der Waals surface area (Å²) in [5, 5.41) is 4.98. The highest BCUT2D eigenvalue weighted by Gasteiger charge is 2.27. The largest absolute Gasteiger partial charge is 0.493 e. The summed E-state index contributed by atoms with van der Waals surface area (Å²) in [7, 11) is 1.55. The smallest absolute Gasteiger partial charge is 0.251 e. The monoisotopic (exact) mass is 435 g/mol. The number of ether oxygens (including phenoxy) is 2. The van der Waals surface area contributed by atoms with E-state index >= 15 is 0 Å². The quantitative estimate of drug-likeness (QED) is 0.624. The maximum Gasteiger partial charge on any atom is 0.251 e. The van der Waals surface area contributed by atoms with Gasteiger partial charge in [0.2, 0.25) is 0 Å². The third kappa shape index (κ3) is 6.53. The Bertz CT molecular complexity index is 687. The van der Waals surface area contributed by atoms with Gasteiger partial charge in [0.05, 0.1) is 23.9 Å². The van der Waals surface area contributed by atoms with E-state index in [1.807, 2.05) is 19.2 Å². The van der Waals surface area contributed by atoms with Crippen LogP contribution >= 0.6 is 36.2 Å². The van der Waals surface area contributed by atoms with Crippen molar-refractivity contribution in [1.82, 2.24) is 10.3 Å². The number of halogens is 2. The van der Waals surface area contributed by atoms with Crippen LogP contribution in [0.5, 0.6) is 11.5 Å². The van der Waals surface area contributed by atoms with Crippen LogP contribution in [0.1, 0.15) is 42.7 Å². The van der Waals surface area contributed by atoms with Gasteiger partial charge in [0, 0.05) is 17.5 Å². The molecule has 1 aromatic carbocycles. The van der Waals surface area contributed by atoms with E-state index in [9.17, 15) is 4.79 Å². The minimum atomic E-state index is -0.385. The van der Waals surface area contributed by atoms with Crippen molar-refractivity contribution in [2.75, 3.05) is 13.7 Å². The second-order valence-corrected chi connectivity index (χ2v) is 6.50. The molecule has 1 aromatic heterocycles. The lowest BCUT2D eigenvalue weighted by Gasteiger charge is -2.31. The highest BCUT2D eigenvalue weighted by molar-refractivity contribution is 7.07. The van der Waals surface area contributed by atoms with Gasteiger partial charge in [0.25, 0.3) is 5.91 Å². The third-order valence-electron chi connectivity index (χ3n) is 4.41. The van der Waals surface area contributed by atoms with E-state index in [0.717, 1.165) is 18.5 Å². The second kappa shape index (κ2) is 12.0. The van der Waals surface area contributed by atoms with Gasteiger partial charge in [0.15, 0.2) is 11.5 Å². The van der Waals surface area contributed by atoms with Crippen molar-refractivity contribution in [2.24, 2.45) is 5.73 Å². The van der Waals surface area contributed by atoms with Gasteiger partial charge in [-0.25, -0.2) is 4.98 Å². The molecular formula is C18H27Cl2N3O3S. The van der Waals surface area contributed by atoms with Crippen LogP contribution in [0.25, 0.3) is 0 Å². The van der Waals surface area contributed by atoms with Crippen molar-refractivity contribution >= 4 is 42.1 Å². The molecule has 0 aliphatic rings. The molecule has 0 radical (unpaired) electrons. The maximum atomic E-state index is 12.6. The Labute approximate surface area is 176 Å². The number of amides is 1. The summed E-state index contributed by atoms with van der Waals surface area (Å²) < 4.78 is 11.1. The van der Waals surface area contributed by atoms with E-state index in [-0.39, 0.29) is 36.3 Å².